The van der Waals surface area contributed by atoms with Gasteiger partial charge in [-0.2, -0.15) is 0 Å². The predicted octanol–water partition coefficient (Wildman–Crippen LogP) is 4.85. The molecule has 4 rings (SSSR count). The summed E-state index contributed by atoms with van der Waals surface area (Å²) in [5, 5.41) is 1.37. The first-order valence-corrected chi connectivity index (χ1v) is 8.90. The summed E-state index contributed by atoms with van der Waals surface area (Å²) in [7, 11) is 0. The largest absolute Gasteiger partial charge is 0.422 e. The van der Waals surface area contributed by atoms with Gasteiger partial charge in [-0.3, -0.25) is 0 Å². The van der Waals surface area contributed by atoms with Crippen molar-refractivity contribution in [1.29, 1.82) is 0 Å². The van der Waals surface area contributed by atoms with Gasteiger partial charge in [0.15, 0.2) is 0 Å². The van der Waals surface area contributed by atoms with E-state index >= 15 is 0 Å². The lowest BCUT2D eigenvalue weighted by molar-refractivity contribution is 0.569. The number of benzene rings is 2. The average Bonchev–Trinajstić information content (AvgIpc) is 2.69. The van der Waals surface area contributed by atoms with Crippen LogP contribution in [0, 0.1) is 0 Å². The van der Waals surface area contributed by atoms with Crippen molar-refractivity contribution in [3.05, 3.63) is 71.1 Å². The summed E-state index contributed by atoms with van der Waals surface area (Å²) in [6.07, 6.45) is 0. The number of hydrogen-bond acceptors (Lipinski definition) is 4. The zero-order chi connectivity index (χ0) is 18.1. The molecule has 4 aromatic rings. The summed E-state index contributed by atoms with van der Waals surface area (Å²) in [6, 6.07) is 19.5. The first kappa shape index (κ1) is 16.3. The molecular formula is C22H20N2O2. The minimum Gasteiger partial charge on any atom is -0.422 e. The van der Waals surface area contributed by atoms with Gasteiger partial charge in [0.2, 0.25) is 0 Å². The Balaban J connectivity index is 2.13. The van der Waals surface area contributed by atoms with Crippen LogP contribution in [0.15, 0.2) is 69.9 Å². The number of nitrogens with zero attached hydrogens (tertiary/aromatic N) is 2. The third-order valence-electron chi connectivity index (χ3n) is 4.71. The summed E-state index contributed by atoms with van der Waals surface area (Å²) >= 11 is 0. The van der Waals surface area contributed by atoms with Crippen molar-refractivity contribution in [2.24, 2.45) is 0 Å². The Hall–Kier alpha value is -3.14. The molecule has 4 heteroatoms. The number of hydrogen-bond donors (Lipinski definition) is 0. The van der Waals surface area contributed by atoms with E-state index in [1.54, 1.807) is 6.07 Å². The molecule has 2 aromatic heterocycles. The third-order valence-corrected chi connectivity index (χ3v) is 4.71. The Morgan fingerprint density at radius 2 is 1.62 bits per heavy atom. The molecule has 0 radical (unpaired) electrons. The van der Waals surface area contributed by atoms with Gasteiger partial charge in [-0.25, -0.2) is 9.78 Å². The van der Waals surface area contributed by atoms with E-state index in [0.717, 1.165) is 35.4 Å². The maximum Gasteiger partial charge on any atom is 0.345 e. The van der Waals surface area contributed by atoms with E-state index in [9.17, 15) is 4.79 Å². The van der Waals surface area contributed by atoms with E-state index in [1.165, 1.54) is 0 Å². The highest BCUT2D eigenvalue weighted by Gasteiger charge is 2.17. The fourth-order valence-corrected chi connectivity index (χ4v) is 3.36. The van der Waals surface area contributed by atoms with Gasteiger partial charge in [-0.15, -0.1) is 0 Å². The molecule has 2 heterocycles. The molecule has 0 atom stereocenters. The van der Waals surface area contributed by atoms with Crippen LogP contribution < -0.4 is 10.5 Å². The quantitative estimate of drug-likeness (QED) is 0.392. The maximum atomic E-state index is 12.6. The summed E-state index contributed by atoms with van der Waals surface area (Å²) in [6.45, 7) is 5.91. The van der Waals surface area contributed by atoms with Crippen molar-refractivity contribution < 1.29 is 4.42 Å². The lowest BCUT2D eigenvalue weighted by atomic mass is 10.0. The molecule has 26 heavy (non-hydrogen) atoms. The first-order valence-electron chi connectivity index (χ1n) is 8.90. The third kappa shape index (κ3) is 2.64. The van der Waals surface area contributed by atoms with Gasteiger partial charge in [0.05, 0.1) is 10.9 Å². The van der Waals surface area contributed by atoms with Gasteiger partial charge >= 0.3 is 5.63 Å². The SMILES string of the molecule is CCN(CC)c1nc2c(cc1-c1ccccc1)c(=O)oc1ccccc12. The average molecular weight is 344 g/mol. The summed E-state index contributed by atoms with van der Waals surface area (Å²) in [5.41, 5.74) is 2.89. The number of rotatable bonds is 4. The second kappa shape index (κ2) is 6.64. The lowest BCUT2D eigenvalue weighted by Crippen LogP contribution is -2.24. The predicted molar refractivity (Wildman–Crippen MR) is 107 cm³/mol. The van der Waals surface area contributed by atoms with Crippen LogP contribution in [-0.2, 0) is 0 Å². The molecule has 2 aromatic carbocycles. The van der Waals surface area contributed by atoms with E-state index in [-0.39, 0.29) is 5.63 Å². The van der Waals surface area contributed by atoms with Crippen molar-refractivity contribution in [2.45, 2.75) is 13.8 Å². The Labute approximate surface area is 151 Å². The number of para-hydroxylation sites is 1. The van der Waals surface area contributed by atoms with Crippen molar-refractivity contribution in [2.75, 3.05) is 18.0 Å². The van der Waals surface area contributed by atoms with Crippen LogP contribution in [0.1, 0.15) is 13.8 Å². The van der Waals surface area contributed by atoms with Gasteiger partial charge in [0, 0.05) is 24.0 Å². The smallest absolute Gasteiger partial charge is 0.345 e. The van der Waals surface area contributed by atoms with Crippen molar-refractivity contribution in [3.63, 3.8) is 0 Å². The second-order valence-electron chi connectivity index (χ2n) is 6.18. The molecule has 130 valence electrons. The van der Waals surface area contributed by atoms with Crippen LogP contribution in [0.3, 0.4) is 0 Å². The van der Waals surface area contributed by atoms with Crippen LogP contribution >= 0.6 is 0 Å². The zero-order valence-electron chi connectivity index (χ0n) is 14.9. The van der Waals surface area contributed by atoms with E-state index in [0.29, 0.717) is 16.5 Å². The lowest BCUT2D eigenvalue weighted by Gasteiger charge is -2.23. The van der Waals surface area contributed by atoms with E-state index in [2.05, 4.69) is 18.7 Å². The Bertz CT molecular complexity index is 1130. The van der Waals surface area contributed by atoms with Gasteiger partial charge in [0.1, 0.15) is 11.4 Å². The Kier molecular flexibility index (Phi) is 4.17. The molecule has 0 aliphatic heterocycles. The van der Waals surface area contributed by atoms with E-state index < -0.39 is 0 Å². The molecule has 0 amide bonds. The van der Waals surface area contributed by atoms with Gasteiger partial charge in [0.25, 0.3) is 0 Å². The minimum atomic E-state index is -0.352. The Morgan fingerprint density at radius 3 is 2.35 bits per heavy atom. The molecule has 0 saturated carbocycles. The van der Waals surface area contributed by atoms with Crippen LogP contribution in [0.4, 0.5) is 5.82 Å². The van der Waals surface area contributed by atoms with Gasteiger partial charge in [-0.1, -0.05) is 42.5 Å². The molecule has 0 aliphatic carbocycles. The molecule has 0 bridgehead atoms. The highest BCUT2D eigenvalue weighted by Crippen LogP contribution is 2.33. The van der Waals surface area contributed by atoms with Crippen LogP contribution in [0.2, 0.25) is 0 Å². The maximum absolute atomic E-state index is 12.6. The number of aromatic nitrogens is 1. The molecule has 0 N–H and O–H groups in total. The topological polar surface area (TPSA) is 46.3 Å². The molecule has 0 spiro atoms. The first-order chi connectivity index (χ1) is 12.7. The van der Waals surface area contributed by atoms with Crippen LogP contribution in [-0.4, -0.2) is 18.1 Å². The fraction of sp³-hybridized carbons (Fsp3) is 0.182. The fourth-order valence-electron chi connectivity index (χ4n) is 3.36. The van der Waals surface area contributed by atoms with Gasteiger partial charge < -0.3 is 9.32 Å². The number of anilines is 1. The molecule has 0 saturated heterocycles. The minimum absolute atomic E-state index is 0.352. The molecule has 4 nitrogen and oxygen atoms in total. The summed E-state index contributed by atoms with van der Waals surface area (Å²) in [5.74, 6) is 0.893. The Morgan fingerprint density at radius 1 is 0.923 bits per heavy atom. The van der Waals surface area contributed by atoms with Crippen LogP contribution in [0.5, 0.6) is 0 Å². The zero-order valence-corrected chi connectivity index (χ0v) is 14.9. The van der Waals surface area contributed by atoms with Crippen molar-refractivity contribution in [3.8, 4) is 11.1 Å². The summed E-state index contributed by atoms with van der Waals surface area (Å²) < 4.78 is 5.51. The molecular weight excluding hydrogens is 324 g/mol. The number of fused-ring (bicyclic) bond motifs is 3. The molecule has 0 fully saturated rings. The standard InChI is InChI=1S/C22H20N2O2/c1-3-24(4-2)21-17(15-10-6-5-7-11-15)14-18-20(23-21)16-12-8-9-13-19(16)26-22(18)25/h5-14H,3-4H2,1-2H3. The molecule has 0 aliphatic rings. The normalized spacial score (nSPS) is 11.2. The van der Waals surface area contributed by atoms with Gasteiger partial charge in [-0.05, 0) is 37.6 Å². The van der Waals surface area contributed by atoms with E-state index in [1.807, 2.05) is 54.6 Å². The highest BCUT2D eigenvalue weighted by molar-refractivity contribution is 6.04. The summed E-state index contributed by atoms with van der Waals surface area (Å²) in [4.78, 5) is 19.7. The van der Waals surface area contributed by atoms with Crippen molar-refractivity contribution >= 4 is 27.7 Å². The van der Waals surface area contributed by atoms with E-state index in [4.69, 9.17) is 9.40 Å². The highest BCUT2D eigenvalue weighted by atomic mass is 16.4. The monoisotopic (exact) mass is 344 g/mol. The molecule has 0 unspecified atom stereocenters. The second-order valence-corrected chi connectivity index (χ2v) is 6.18. The number of pyridine rings is 1. The van der Waals surface area contributed by atoms with Crippen LogP contribution in [0.25, 0.3) is 33.0 Å². The van der Waals surface area contributed by atoms with Crippen molar-refractivity contribution in [1.82, 2.24) is 4.98 Å².